The van der Waals surface area contributed by atoms with E-state index in [1.54, 1.807) is 36.4 Å². The molecular weight excluding hydrogens is 217 g/mol. The first-order valence-corrected chi connectivity index (χ1v) is 5.15. The van der Waals surface area contributed by atoms with E-state index in [2.05, 4.69) is 0 Å². The Morgan fingerprint density at radius 1 is 1.12 bits per heavy atom. The maximum absolute atomic E-state index is 12.9. The molecule has 3 heteroatoms. The number of hydrogen-bond donors (Lipinski definition) is 0. The summed E-state index contributed by atoms with van der Waals surface area (Å²) >= 11 is 0. The Bertz CT molecular complexity index is 560. The molecule has 2 rings (SSSR count). The minimum Gasteiger partial charge on any atom is -0.489 e. The van der Waals surface area contributed by atoms with Gasteiger partial charge in [-0.25, -0.2) is 4.39 Å². The summed E-state index contributed by atoms with van der Waals surface area (Å²) in [5.74, 6) is 0.324. The van der Waals surface area contributed by atoms with Gasteiger partial charge in [-0.05, 0) is 35.9 Å². The van der Waals surface area contributed by atoms with Gasteiger partial charge in [0.25, 0.3) is 0 Å². The molecule has 2 nitrogen and oxygen atoms in total. The van der Waals surface area contributed by atoms with Crippen LogP contribution in [-0.4, -0.2) is 0 Å². The molecule has 0 saturated heterocycles. The van der Waals surface area contributed by atoms with Crippen LogP contribution in [0.5, 0.6) is 5.75 Å². The first kappa shape index (κ1) is 11.2. The van der Waals surface area contributed by atoms with Gasteiger partial charge in [-0.15, -0.1) is 0 Å². The largest absolute Gasteiger partial charge is 0.489 e. The lowest BCUT2D eigenvalue weighted by molar-refractivity contribution is 0.305. The number of rotatable bonds is 3. The van der Waals surface area contributed by atoms with Crippen molar-refractivity contribution in [1.29, 1.82) is 5.26 Å². The van der Waals surface area contributed by atoms with E-state index in [9.17, 15) is 4.39 Å². The van der Waals surface area contributed by atoms with Crippen molar-refractivity contribution < 1.29 is 9.13 Å². The van der Waals surface area contributed by atoms with Crippen LogP contribution in [0.4, 0.5) is 4.39 Å². The number of halogens is 1. The lowest BCUT2D eigenvalue weighted by Crippen LogP contribution is -1.95. The predicted molar refractivity (Wildman–Crippen MR) is 61.9 cm³/mol. The summed E-state index contributed by atoms with van der Waals surface area (Å²) in [6.45, 7) is 0.284. The van der Waals surface area contributed by atoms with Gasteiger partial charge in [-0.1, -0.05) is 18.2 Å². The summed E-state index contributed by atoms with van der Waals surface area (Å²) in [7, 11) is 0. The zero-order valence-electron chi connectivity index (χ0n) is 9.06. The van der Waals surface area contributed by atoms with E-state index in [0.717, 1.165) is 5.56 Å². The standard InChI is InChI=1S/C14H10FNO/c15-13-5-1-4-12(7-13)10-17-14-6-2-3-11(8-14)9-16/h1-8H,10H2. The number of benzene rings is 2. The summed E-state index contributed by atoms with van der Waals surface area (Å²) < 4.78 is 18.4. The molecule has 0 aliphatic carbocycles. The second kappa shape index (κ2) is 5.13. The molecule has 2 aromatic carbocycles. The molecule has 0 bridgehead atoms. The van der Waals surface area contributed by atoms with E-state index in [1.165, 1.54) is 12.1 Å². The highest BCUT2D eigenvalue weighted by Crippen LogP contribution is 2.14. The summed E-state index contributed by atoms with van der Waals surface area (Å²) in [6, 6.07) is 15.1. The Labute approximate surface area is 98.9 Å². The lowest BCUT2D eigenvalue weighted by Gasteiger charge is -2.06. The lowest BCUT2D eigenvalue weighted by atomic mass is 10.2. The van der Waals surface area contributed by atoms with Crippen molar-refractivity contribution in [2.24, 2.45) is 0 Å². The Hall–Kier alpha value is -2.34. The summed E-state index contributed by atoms with van der Waals surface area (Å²) in [4.78, 5) is 0. The first-order chi connectivity index (χ1) is 8.28. The van der Waals surface area contributed by atoms with Crippen LogP contribution >= 0.6 is 0 Å². The third-order valence-corrected chi connectivity index (χ3v) is 2.26. The van der Waals surface area contributed by atoms with Crippen LogP contribution in [0.1, 0.15) is 11.1 Å². The molecule has 0 saturated carbocycles. The number of nitriles is 1. The number of nitrogens with zero attached hydrogens (tertiary/aromatic N) is 1. The van der Waals surface area contributed by atoms with Crippen molar-refractivity contribution in [2.75, 3.05) is 0 Å². The highest BCUT2D eigenvalue weighted by atomic mass is 19.1. The van der Waals surface area contributed by atoms with Gasteiger partial charge in [0.1, 0.15) is 18.2 Å². The summed E-state index contributed by atoms with van der Waals surface area (Å²) in [5, 5.41) is 8.73. The predicted octanol–water partition coefficient (Wildman–Crippen LogP) is 3.28. The SMILES string of the molecule is N#Cc1cccc(OCc2cccc(F)c2)c1. The van der Waals surface area contributed by atoms with E-state index in [0.29, 0.717) is 11.3 Å². The zero-order chi connectivity index (χ0) is 12.1. The average molecular weight is 227 g/mol. The third-order valence-electron chi connectivity index (χ3n) is 2.26. The normalized spacial score (nSPS) is 9.65. The molecular formula is C14H10FNO. The summed E-state index contributed by atoms with van der Waals surface area (Å²) in [5.41, 5.74) is 1.30. The molecule has 0 aromatic heterocycles. The molecule has 0 aliphatic heterocycles. The molecule has 17 heavy (non-hydrogen) atoms. The Balaban J connectivity index is 2.05. The van der Waals surface area contributed by atoms with Crippen LogP contribution in [0.3, 0.4) is 0 Å². The molecule has 0 aliphatic rings. The highest BCUT2D eigenvalue weighted by Gasteiger charge is 1.98. The van der Waals surface area contributed by atoms with Gasteiger partial charge >= 0.3 is 0 Å². The second-order valence-electron chi connectivity index (χ2n) is 3.56. The number of ether oxygens (including phenoxy) is 1. The third kappa shape index (κ3) is 3.05. The Morgan fingerprint density at radius 2 is 1.94 bits per heavy atom. The molecule has 0 radical (unpaired) electrons. The fraction of sp³-hybridized carbons (Fsp3) is 0.0714. The van der Waals surface area contributed by atoms with Gasteiger partial charge in [0.05, 0.1) is 11.6 Å². The molecule has 0 unspecified atom stereocenters. The van der Waals surface area contributed by atoms with E-state index in [1.807, 2.05) is 6.07 Å². The van der Waals surface area contributed by atoms with Gasteiger partial charge in [0.2, 0.25) is 0 Å². The van der Waals surface area contributed by atoms with Gasteiger partial charge < -0.3 is 4.74 Å². The van der Waals surface area contributed by atoms with Crippen molar-refractivity contribution in [3.63, 3.8) is 0 Å². The van der Waals surface area contributed by atoms with Gasteiger partial charge in [0, 0.05) is 0 Å². The maximum Gasteiger partial charge on any atom is 0.123 e. The second-order valence-corrected chi connectivity index (χ2v) is 3.56. The molecule has 0 N–H and O–H groups in total. The van der Waals surface area contributed by atoms with Crippen LogP contribution in [-0.2, 0) is 6.61 Å². The molecule has 0 fully saturated rings. The fourth-order valence-electron chi connectivity index (χ4n) is 1.45. The first-order valence-electron chi connectivity index (χ1n) is 5.15. The number of hydrogen-bond acceptors (Lipinski definition) is 2. The van der Waals surface area contributed by atoms with Crippen LogP contribution < -0.4 is 4.74 Å². The van der Waals surface area contributed by atoms with E-state index in [4.69, 9.17) is 10.00 Å². The summed E-state index contributed by atoms with van der Waals surface area (Å²) in [6.07, 6.45) is 0. The van der Waals surface area contributed by atoms with Crippen molar-refractivity contribution in [3.05, 3.63) is 65.5 Å². The van der Waals surface area contributed by atoms with Crippen molar-refractivity contribution in [3.8, 4) is 11.8 Å². The molecule has 0 heterocycles. The van der Waals surface area contributed by atoms with Crippen LogP contribution in [0.15, 0.2) is 48.5 Å². The van der Waals surface area contributed by atoms with Crippen molar-refractivity contribution in [1.82, 2.24) is 0 Å². The molecule has 0 amide bonds. The topological polar surface area (TPSA) is 33.0 Å². The van der Waals surface area contributed by atoms with E-state index < -0.39 is 0 Å². The van der Waals surface area contributed by atoms with Crippen LogP contribution in [0.25, 0.3) is 0 Å². The molecule has 2 aromatic rings. The maximum atomic E-state index is 12.9. The quantitative estimate of drug-likeness (QED) is 0.806. The fourth-order valence-corrected chi connectivity index (χ4v) is 1.45. The van der Waals surface area contributed by atoms with E-state index >= 15 is 0 Å². The van der Waals surface area contributed by atoms with Crippen LogP contribution in [0.2, 0.25) is 0 Å². The van der Waals surface area contributed by atoms with Gasteiger partial charge in [-0.3, -0.25) is 0 Å². The van der Waals surface area contributed by atoms with E-state index in [-0.39, 0.29) is 12.4 Å². The van der Waals surface area contributed by atoms with Gasteiger partial charge in [0.15, 0.2) is 0 Å². The molecule has 0 atom stereocenters. The minimum absolute atomic E-state index is 0.281. The highest BCUT2D eigenvalue weighted by molar-refractivity contribution is 5.36. The van der Waals surface area contributed by atoms with Crippen LogP contribution in [0, 0.1) is 17.1 Å². The zero-order valence-corrected chi connectivity index (χ0v) is 9.06. The van der Waals surface area contributed by atoms with Crippen molar-refractivity contribution >= 4 is 0 Å². The average Bonchev–Trinajstić information content (AvgIpc) is 2.37. The Morgan fingerprint density at radius 3 is 2.71 bits per heavy atom. The smallest absolute Gasteiger partial charge is 0.123 e. The Kier molecular flexibility index (Phi) is 3.37. The molecule has 84 valence electrons. The van der Waals surface area contributed by atoms with Crippen molar-refractivity contribution in [2.45, 2.75) is 6.61 Å². The monoisotopic (exact) mass is 227 g/mol. The van der Waals surface area contributed by atoms with Gasteiger partial charge in [-0.2, -0.15) is 5.26 Å². The molecule has 0 spiro atoms. The minimum atomic E-state index is -0.281.